The number of carbonyl (C=O) groups excluding carboxylic acids is 3. The third-order valence-electron chi connectivity index (χ3n) is 4.18. The summed E-state index contributed by atoms with van der Waals surface area (Å²) in [5, 5.41) is 4.15. The van der Waals surface area contributed by atoms with E-state index < -0.39 is 17.8 Å². The maximum Gasteiger partial charge on any atom is 0.335 e. The molecule has 0 atom stereocenters. The Hall–Kier alpha value is -3.03. The molecule has 0 spiro atoms. The summed E-state index contributed by atoms with van der Waals surface area (Å²) in [5.74, 6) is -1.35. The minimum atomic E-state index is -0.761. The van der Waals surface area contributed by atoms with Crippen LogP contribution in [0.25, 0.3) is 5.57 Å². The number of anilines is 1. The van der Waals surface area contributed by atoms with Crippen LogP contribution in [-0.4, -0.2) is 17.8 Å². The lowest BCUT2D eigenvalue weighted by Crippen LogP contribution is -2.69. The predicted molar refractivity (Wildman–Crippen MR) is 99.3 cm³/mol. The molecule has 0 aromatic heterocycles. The fourth-order valence-electron chi connectivity index (χ4n) is 2.96. The number of halogens is 1. The molecule has 2 heterocycles. The first kappa shape index (κ1) is 16.4. The van der Waals surface area contributed by atoms with Crippen molar-refractivity contribution in [2.45, 2.75) is 0 Å². The first-order valence-electron chi connectivity index (χ1n) is 7.86. The zero-order valence-corrected chi connectivity index (χ0v) is 15.0. The molecule has 2 aliphatic rings. The molecule has 0 aliphatic carbocycles. The molecule has 0 saturated carbocycles. The third-order valence-corrected chi connectivity index (χ3v) is 4.68. The van der Waals surface area contributed by atoms with Gasteiger partial charge in [0.1, 0.15) is 17.5 Å². The average molecular weight is 411 g/mol. The van der Waals surface area contributed by atoms with E-state index in [2.05, 4.69) is 21.2 Å². The van der Waals surface area contributed by atoms with E-state index in [4.69, 9.17) is 0 Å². The van der Waals surface area contributed by atoms with Gasteiger partial charge in [-0.3, -0.25) is 20.2 Å². The Morgan fingerprint density at radius 2 is 1.85 bits per heavy atom. The number of nitrogens with one attached hydrogen (secondary N) is 1. The number of amides is 4. The number of hydrogen-bond acceptors (Lipinski definition) is 3. The highest BCUT2D eigenvalue weighted by Crippen LogP contribution is 2.28. The highest BCUT2D eigenvalue weighted by atomic mass is 79.9. The zero-order valence-electron chi connectivity index (χ0n) is 13.4. The van der Waals surface area contributed by atoms with Crippen LogP contribution in [0.3, 0.4) is 0 Å². The smallest absolute Gasteiger partial charge is 0.287 e. The van der Waals surface area contributed by atoms with Gasteiger partial charge in [-0.1, -0.05) is 34.1 Å². The summed E-state index contributed by atoms with van der Waals surface area (Å²) in [6.07, 6.45) is 3.37. The van der Waals surface area contributed by atoms with E-state index in [0.717, 1.165) is 26.2 Å². The highest BCUT2D eigenvalue weighted by Gasteiger charge is 2.37. The Labute approximate surface area is 157 Å². The first-order chi connectivity index (χ1) is 12.5. The number of nitrogens with two attached hydrogens (primary N) is 1. The number of para-hydroxylation sites is 1. The van der Waals surface area contributed by atoms with Crippen molar-refractivity contribution in [1.82, 2.24) is 5.32 Å². The van der Waals surface area contributed by atoms with Gasteiger partial charge in [0.15, 0.2) is 0 Å². The van der Waals surface area contributed by atoms with Crippen LogP contribution in [0, 0.1) is 0 Å². The van der Waals surface area contributed by atoms with Gasteiger partial charge in [0, 0.05) is 21.7 Å². The highest BCUT2D eigenvalue weighted by molar-refractivity contribution is 9.10. The van der Waals surface area contributed by atoms with Crippen LogP contribution in [0.15, 0.2) is 70.9 Å². The van der Waals surface area contributed by atoms with Gasteiger partial charge in [-0.25, -0.2) is 9.69 Å². The molecule has 6 nitrogen and oxygen atoms in total. The van der Waals surface area contributed by atoms with Gasteiger partial charge >= 0.3 is 6.03 Å². The zero-order chi connectivity index (χ0) is 18.3. The minimum Gasteiger partial charge on any atom is -0.287 e. The topological polar surface area (TPSA) is 83.1 Å². The normalized spacial score (nSPS) is 18.0. The molecule has 1 fully saturated rings. The van der Waals surface area contributed by atoms with Crippen molar-refractivity contribution in [2.75, 3.05) is 4.90 Å². The van der Waals surface area contributed by atoms with Crippen molar-refractivity contribution in [3.63, 3.8) is 0 Å². The van der Waals surface area contributed by atoms with Gasteiger partial charge in [-0.05, 0) is 30.3 Å². The second-order valence-electron chi connectivity index (χ2n) is 5.81. The summed E-state index contributed by atoms with van der Waals surface area (Å²) in [5.41, 5.74) is 3.01. The molecule has 0 radical (unpaired) electrons. The number of fused-ring (bicyclic) bond motifs is 1. The number of rotatable bonds is 2. The second-order valence-corrected chi connectivity index (χ2v) is 6.73. The molecular formula is C19H13BrN3O3+. The summed E-state index contributed by atoms with van der Waals surface area (Å²) < 4.78 is 0.722. The van der Waals surface area contributed by atoms with Crippen LogP contribution in [0.5, 0.6) is 0 Å². The summed E-state index contributed by atoms with van der Waals surface area (Å²) in [7, 11) is 0. The molecule has 1 saturated heterocycles. The van der Waals surface area contributed by atoms with Gasteiger partial charge in [0.05, 0.1) is 5.69 Å². The summed E-state index contributed by atoms with van der Waals surface area (Å²) >= 11 is 3.32. The molecule has 2 aliphatic heterocycles. The van der Waals surface area contributed by atoms with Crippen molar-refractivity contribution < 1.29 is 19.7 Å². The van der Waals surface area contributed by atoms with Gasteiger partial charge in [-0.2, -0.15) is 0 Å². The number of quaternary nitrogens is 1. The van der Waals surface area contributed by atoms with Crippen LogP contribution in [-0.2, 0) is 9.59 Å². The summed E-state index contributed by atoms with van der Waals surface area (Å²) in [6.45, 7) is 0. The Morgan fingerprint density at radius 1 is 1.04 bits per heavy atom. The largest absolute Gasteiger partial charge is 0.335 e. The van der Waals surface area contributed by atoms with E-state index in [1.165, 1.54) is 6.08 Å². The minimum absolute atomic E-state index is 0.0825. The van der Waals surface area contributed by atoms with Crippen LogP contribution in [0.1, 0.15) is 5.56 Å². The molecule has 0 unspecified atom stereocenters. The fourth-order valence-corrected chi connectivity index (χ4v) is 3.35. The lowest BCUT2D eigenvalue weighted by molar-refractivity contribution is -0.491. The van der Waals surface area contributed by atoms with Gasteiger partial charge in [-0.15, -0.1) is 0 Å². The number of allylic oxidation sites excluding steroid dienone is 2. The molecule has 7 heteroatoms. The third kappa shape index (κ3) is 2.77. The van der Waals surface area contributed by atoms with Gasteiger partial charge in [0.2, 0.25) is 0 Å². The number of hydrogen-bond donors (Lipinski definition) is 2. The van der Waals surface area contributed by atoms with Crippen molar-refractivity contribution in [3.8, 4) is 0 Å². The fraction of sp³-hybridized carbons (Fsp3) is 0. The van der Waals surface area contributed by atoms with E-state index in [1.54, 1.807) is 24.3 Å². The van der Waals surface area contributed by atoms with Crippen molar-refractivity contribution >= 4 is 50.7 Å². The summed E-state index contributed by atoms with van der Waals surface area (Å²) in [4.78, 5) is 38.3. The molecule has 128 valence electrons. The molecule has 0 bridgehead atoms. The molecule has 4 rings (SSSR count). The Kier molecular flexibility index (Phi) is 4.02. The molecule has 2 aromatic rings. The van der Waals surface area contributed by atoms with Crippen molar-refractivity contribution in [2.24, 2.45) is 0 Å². The number of benzene rings is 2. The first-order valence-corrected chi connectivity index (χ1v) is 8.65. The van der Waals surface area contributed by atoms with Gasteiger partial charge < -0.3 is 0 Å². The number of barbiturate groups is 1. The lowest BCUT2D eigenvalue weighted by atomic mass is 10.0. The predicted octanol–water partition coefficient (Wildman–Crippen LogP) is 2.21. The second kappa shape index (κ2) is 6.36. The standard InChI is InChI=1S/C19H12BrN3O3/c20-12-4-3-5-13(9-12)23-18(25)15(17(24)22-19(23)26)8-11-10-21-16-7-2-1-6-14(11)16/h1-10,21H,(H,22,24,26)/p+1. The monoisotopic (exact) mass is 410 g/mol. The maximum absolute atomic E-state index is 12.9. The van der Waals surface area contributed by atoms with Gasteiger partial charge in [0.25, 0.3) is 11.8 Å². The number of carbonyl (C=O) groups is 3. The average Bonchev–Trinajstić information content (AvgIpc) is 3.01. The van der Waals surface area contributed by atoms with E-state index >= 15 is 0 Å². The number of nitrogens with zero attached hydrogens (tertiary/aromatic N) is 1. The van der Waals surface area contributed by atoms with Crippen LogP contribution in [0.2, 0.25) is 0 Å². The Bertz CT molecular complexity index is 1030. The van der Waals surface area contributed by atoms with Crippen molar-refractivity contribution in [3.05, 3.63) is 76.4 Å². The Balaban J connectivity index is 1.74. The molecular weight excluding hydrogens is 398 g/mol. The molecule has 4 amide bonds. The van der Waals surface area contributed by atoms with Crippen molar-refractivity contribution in [1.29, 1.82) is 0 Å². The maximum atomic E-state index is 12.9. The molecule has 3 N–H and O–H groups in total. The molecule has 26 heavy (non-hydrogen) atoms. The Morgan fingerprint density at radius 3 is 2.65 bits per heavy atom. The number of imide groups is 2. The quantitative estimate of drug-likeness (QED) is 0.452. The number of urea groups is 1. The van der Waals surface area contributed by atoms with E-state index in [-0.39, 0.29) is 5.57 Å². The molecule has 2 aromatic carbocycles. The summed E-state index contributed by atoms with van der Waals surface area (Å²) in [6, 6.07) is 13.7. The lowest BCUT2D eigenvalue weighted by Gasteiger charge is -2.26. The van der Waals surface area contributed by atoms with Crippen LogP contribution < -0.4 is 15.5 Å². The van der Waals surface area contributed by atoms with Crippen LogP contribution >= 0.6 is 15.9 Å². The SMILES string of the molecule is O=C1NC(=O)N(c2cccc(Br)c2)C(=O)C1=CC1=C[NH2+]c2ccccc21. The van der Waals surface area contributed by atoms with Crippen LogP contribution in [0.4, 0.5) is 16.2 Å². The van der Waals surface area contributed by atoms with E-state index in [0.29, 0.717) is 5.69 Å². The van der Waals surface area contributed by atoms with E-state index in [1.807, 2.05) is 35.8 Å². The van der Waals surface area contributed by atoms with E-state index in [9.17, 15) is 14.4 Å².